The van der Waals surface area contributed by atoms with Crippen LogP contribution in [0.2, 0.25) is 0 Å². The van der Waals surface area contributed by atoms with Gasteiger partial charge in [-0.3, -0.25) is 0 Å². The molecular weight excluding hydrogens is 246 g/mol. The minimum absolute atomic E-state index is 0.554. The number of hydrogen-bond acceptors (Lipinski definition) is 5. The van der Waals surface area contributed by atoms with Gasteiger partial charge in [-0.05, 0) is 24.6 Å². The number of methoxy groups -OCH3 is 1. The van der Waals surface area contributed by atoms with Crippen LogP contribution < -0.4 is 10.5 Å². The molecule has 4 nitrogen and oxygen atoms in total. The zero-order valence-electron chi connectivity index (χ0n) is 10.4. The van der Waals surface area contributed by atoms with E-state index in [2.05, 4.69) is 9.97 Å². The van der Waals surface area contributed by atoms with Crippen molar-refractivity contribution in [1.29, 1.82) is 0 Å². The van der Waals surface area contributed by atoms with Crippen molar-refractivity contribution in [3.8, 4) is 5.75 Å². The average Bonchev–Trinajstić information content (AvgIpc) is 2.39. The number of rotatable bonds is 4. The Morgan fingerprint density at radius 3 is 2.89 bits per heavy atom. The first-order valence-electron chi connectivity index (χ1n) is 5.65. The standard InChI is InChI=1S/C13H15N3OS/c1-3-11-12(14)15-8-16-13(11)18-10-6-4-5-9(7-10)17-2/h4-8H,3H2,1-2H3,(H2,14,15,16). The van der Waals surface area contributed by atoms with Crippen LogP contribution in [-0.4, -0.2) is 17.1 Å². The Bertz CT molecular complexity index is 546. The van der Waals surface area contributed by atoms with Gasteiger partial charge in [0.25, 0.3) is 0 Å². The molecule has 1 aromatic heterocycles. The predicted molar refractivity (Wildman–Crippen MR) is 72.9 cm³/mol. The number of nitrogen functional groups attached to an aromatic ring is 1. The molecule has 0 aliphatic carbocycles. The summed E-state index contributed by atoms with van der Waals surface area (Å²) in [6.45, 7) is 2.05. The Morgan fingerprint density at radius 2 is 2.17 bits per heavy atom. The van der Waals surface area contributed by atoms with Gasteiger partial charge in [0.1, 0.15) is 22.9 Å². The topological polar surface area (TPSA) is 61.0 Å². The number of benzene rings is 1. The molecule has 5 heteroatoms. The molecular formula is C13H15N3OS. The summed E-state index contributed by atoms with van der Waals surface area (Å²) in [7, 11) is 1.66. The normalized spacial score (nSPS) is 10.3. The Kier molecular flexibility index (Phi) is 4.04. The minimum atomic E-state index is 0.554. The van der Waals surface area contributed by atoms with Crippen molar-refractivity contribution in [2.24, 2.45) is 0 Å². The highest BCUT2D eigenvalue weighted by molar-refractivity contribution is 7.99. The maximum atomic E-state index is 5.85. The van der Waals surface area contributed by atoms with Crippen molar-refractivity contribution in [3.63, 3.8) is 0 Å². The Morgan fingerprint density at radius 1 is 1.33 bits per heavy atom. The van der Waals surface area contributed by atoms with Crippen LogP contribution in [0.4, 0.5) is 5.82 Å². The van der Waals surface area contributed by atoms with E-state index in [1.165, 1.54) is 6.33 Å². The van der Waals surface area contributed by atoms with Crippen molar-refractivity contribution >= 4 is 17.6 Å². The van der Waals surface area contributed by atoms with Gasteiger partial charge in [0.2, 0.25) is 0 Å². The SMILES string of the molecule is CCc1c(N)ncnc1Sc1cccc(OC)c1. The van der Waals surface area contributed by atoms with Gasteiger partial charge < -0.3 is 10.5 Å². The molecule has 94 valence electrons. The minimum Gasteiger partial charge on any atom is -0.497 e. The van der Waals surface area contributed by atoms with E-state index < -0.39 is 0 Å². The Labute approximate surface area is 111 Å². The summed E-state index contributed by atoms with van der Waals surface area (Å²) in [4.78, 5) is 9.38. The molecule has 2 rings (SSSR count). The van der Waals surface area contributed by atoms with E-state index in [0.717, 1.165) is 27.7 Å². The van der Waals surface area contributed by atoms with Crippen LogP contribution >= 0.6 is 11.8 Å². The van der Waals surface area contributed by atoms with Crippen molar-refractivity contribution in [2.45, 2.75) is 23.3 Å². The van der Waals surface area contributed by atoms with E-state index in [4.69, 9.17) is 10.5 Å². The number of nitrogens with two attached hydrogens (primary N) is 1. The summed E-state index contributed by atoms with van der Waals surface area (Å²) in [5, 5.41) is 0.901. The quantitative estimate of drug-likeness (QED) is 0.857. The van der Waals surface area contributed by atoms with E-state index in [0.29, 0.717) is 5.82 Å². The van der Waals surface area contributed by atoms with E-state index >= 15 is 0 Å². The third-order valence-electron chi connectivity index (χ3n) is 2.55. The summed E-state index contributed by atoms with van der Waals surface area (Å²) in [6.07, 6.45) is 2.32. The molecule has 0 bridgehead atoms. The average molecular weight is 261 g/mol. The molecule has 2 aromatic rings. The number of hydrogen-bond donors (Lipinski definition) is 1. The molecule has 2 N–H and O–H groups in total. The zero-order valence-corrected chi connectivity index (χ0v) is 11.2. The van der Waals surface area contributed by atoms with Gasteiger partial charge in [-0.15, -0.1) is 0 Å². The highest BCUT2D eigenvalue weighted by Crippen LogP contribution is 2.32. The van der Waals surface area contributed by atoms with Gasteiger partial charge >= 0.3 is 0 Å². The number of aromatic nitrogens is 2. The molecule has 0 aliphatic heterocycles. The molecule has 1 aromatic carbocycles. The third kappa shape index (κ3) is 2.73. The van der Waals surface area contributed by atoms with E-state index in [9.17, 15) is 0 Å². The van der Waals surface area contributed by atoms with Crippen LogP contribution in [0.15, 0.2) is 40.5 Å². The molecule has 0 radical (unpaired) electrons. The molecule has 0 atom stereocenters. The Hall–Kier alpha value is -1.75. The fourth-order valence-electron chi connectivity index (χ4n) is 1.61. The van der Waals surface area contributed by atoms with Gasteiger partial charge in [-0.2, -0.15) is 0 Å². The molecule has 0 unspecified atom stereocenters. The number of anilines is 1. The monoisotopic (exact) mass is 261 g/mol. The molecule has 18 heavy (non-hydrogen) atoms. The second-order valence-electron chi connectivity index (χ2n) is 3.68. The molecule has 0 fully saturated rings. The second kappa shape index (κ2) is 5.73. The maximum absolute atomic E-state index is 5.85. The molecule has 0 saturated carbocycles. The highest BCUT2D eigenvalue weighted by atomic mass is 32.2. The van der Waals surface area contributed by atoms with Crippen molar-refractivity contribution in [1.82, 2.24) is 9.97 Å². The number of nitrogens with zero attached hydrogens (tertiary/aromatic N) is 2. The predicted octanol–water partition coefficient (Wildman–Crippen LogP) is 2.78. The van der Waals surface area contributed by atoms with Crippen molar-refractivity contribution < 1.29 is 4.74 Å². The summed E-state index contributed by atoms with van der Waals surface area (Å²) in [5.41, 5.74) is 6.84. The third-order valence-corrected chi connectivity index (χ3v) is 3.58. The lowest BCUT2D eigenvalue weighted by molar-refractivity contribution is 0.413. The van der Waals surface area contributed by atoms with E-state index in [1.54, 1.807) is 18.9 Å². The lowest BCUT2D eigenvalue weighted by Crippen LogP contribution is -2.00. The van der Waals surface area contributed by atoms with E-state index in [1.807, 2.05) is 31.2 Å². The van der Waals surface area contributed by atoms with Crippen LogP contribution in [0.25, 0.3) is 0 Å². The molecule has 0 saturated heterocycles. The summed E-state index contributed by atoms with van der Waals surface area (Å²) in [6, 6.07) is 7.86. The first-order chi connectivity index (χ1) is 8.74. The molecule has 1 heterocycles. The van der Waals surface area contributed by atoms with Crippen molar-refractivity contribution in [3.05, 3.63) is 36.2 Å². The van der Waals surface area contributed by atoms with Gasteiger partial charge in [-0.25, -0.2) is 9.97 Å². The van der Waals surface area contributed by atoms with Crippen LogP contribution in [0.1, 0.15) is 12.5 Å². The second-order valence-corrected chi connectivity index (χ2v) is 4.74. The Balaban J connectivity index is 2.30. The van der Waals surface area contributed by atoms with Crippen LogP contribution in [0.5, 0.6) is 5.75 Å². The summed E-state index contributed by atoms with van der Waals surface area (Å²) >= 11 is 1.57. The summed E-state index contributed by atoms with van der Waals surface area (Å²) in [5.74, 6) is 1.39. The maximum Gasteiger partial charge on any atom is 0.131 e. The lowest BCUT2D eigenvalue weighted by atomic mass is 10.2. The lowest BCUT2D eigenvalue weighted by Gasteiger charge is -2.08. The molecule has 0 spiro atoms. The first kappa shape index (κ1) is 12.7. The summed E-state index contributed by atoms with van der Waals surface area (Å²) < 4.78 is 5.20. The fourth-order valence-corrected chi connectivity index (χ4v) is 2.62. The van der Waals surface area contributed by atoms with Crippen molar-refractivity contribution in [2.75, 3.05) is 12.8 Å². The van der Waals surface area contributed by atoms with Gasteiger partial charge in [0.05, 0.1) is 7.11 Å². The van der Waals surface area contributed by atoms with Crippen LogP contribution in [0, 0.1) is 0 Å². The first-order valence-corrected chi connectivity index (χ1v) is 6.47. The van der Waals surface area contributed by atoms with E-state index in [-0.39, 0.29) is 0 Å². The molecule has 0 amide bonds. The van der Waals surface area contributed by atoms with Crippen LogP contribution in [0.3, 0.4) is 0 Å². The van der Waals surface area contributed by atoms with Gasteiger partial charge in [0.15, 0.2) is 0 Å². The molecule has 0 aliphatic rings. The fraction of sp³-hybridized carbons (Fsp3) is 0.231. The highest BCUT2D eigenvalue weighted by Gasteiger charge is 2.09. The zero-order chi connectivity index (χ0) is 13.0. The smallest absolute Gasteiger partial charge is 0.131 e. The van der Waals surface area contributed by atoms with Gasteiger partial charge in [0, 0.05) is 10.5 Å². The largest absolute Gasteiger partial charge is 0.497 e. The number of ether oxygens (including phenoxy) is 1. The van der Waals surface area contributed by atoms with Gasteiger partial charge in [-0.1, -0.05) is 24.8 Å². The van der Waals surface area contributed by atoms with Crippen LogP contribution in [-0.2, 0) is 6.42 Å².